The van der Waals surface area contributed by atoms with Gasteiger partial charge >= 0.3 is 0 Å². The third kappa shape index (κ3) is 6.67. The van der Waals surface area contributed by atoms with E-state index >= 15 is 0 Å². The number of amides is 1. The molecule has 1 saturated heterocycles. The number of hydrogen-bond donors (Lipinski definition) is 1. The van der Waals surface area contributed by atoms with Gasteiger partial charge in [0.1, 0.15) is 0 Å². The Balaban J connectivity index is 1.32. The minimum atomic E-state index is 0.148. The highest BCUT2D eigenvalue weighted by atomic mass is 32.2. The topological polar surface area (TPSA) is 45.2 Å². The van der Waals surface area contributed by atoms with Crippen molar-refractivity contribution in [1.29, 1.82) is 0 Å². The third-order valence-electron chi connectivity index (χ3n) is 5.26. The van der Waals surface area contributed by atoms with Crippen LogP contribution < -0.4 is 5.32 Å². The Bertz CT molecular complexity index is 697. The maximum Gasteiger partial charge on any atom is 0.220 e. The van der Waals surface area contributed by atoms with Crippen molar-refractivity contribution < 1.29 is 4.79 Å². The first-order valence-electron chi connectivity index (χ1n) is 9.74. The van der Waals surface area contributed by atoms with Crippen LogP contribution in [-0.4, -0.2) is 35.1 Å². The third-order valence-corrected chi connectivity index (χ3v) is 6.01. The van der Waals surface area contributed by atoms with Gasteiger partial charge < -0.3 is 5.32 Å². The van der Waals surface area contributed by atoms with Gasteiger partial charge in [0.25, 0.3) is 0 Å². The minimum Gasteiger partial charge on any atom is -0.352 e. The summed E-state index contributed by atoms with van der Waals surface area (Å²) in [6.07, 6.45) is 9.66. The highest BCUT2D eigenvalue weighted by Gasteiger charge is 2.20. The first-order chi connectivity index (χ1) is 13.2. The smallest absolute Gasteiger partial charge is 0.220 e. The standard InChI is InChI=1S/C22H29N3OS/c1-27-21-7-4-19(5-8-21)17-25-13-10-18(11-14-25)6-9-22(26)24-16-20-3-2-12-23-15-20/h2-5,7-8,12,15,18H,6,9-11,13-14,16-17H2,1H3,(H,24,26). The lowest BCUT2D eigenvalue weighted by Gasteiger charge is -2.32. The molecule has 1 fully saturated rings. The lowest BCUT2D eigenvalue weighted by atomic mass is 9.92. The molecule has 2 heterocycles. The van der Waals surface area contributed by atoms with Crippen LogP contribution in [0.4, 0.5) is 0 Å². The second kappa shape index (κ2) is 10.5. The highest BCUT2D eigenvalue weighted by Crippen LogP contribution is 2.23. The van der Waals surface area contributed by atoms with Crippen molar-refractivity contribution in [3.8, 4) is 0 Å². The first-order valence-corrected chi connectivity index (χ1v) is 11.0. The summed E-state index contributed by atoms with van der Waals surface area (Å²) in [7, 11) is 0. The summed E-state index contributed by atoms with van der Waals surface area (Å²) >= 11 is 1.78. The van der Waals surface area contributed by atoms with E-state index in [2.05, 4.69) is 45.7 Å². The Morgan fingerprint density at radius 3 is 2.63 bits per heavy atom. The van der Waals surface area contributed by atoms with Crippen molar-refractivity contribution in [2.24, 2.45) is 5.92 Å². The molecule has 4 nitrogen and oxygen atoms in total. The zero-order chi connectivity index (χ0) is 18.9. The van der Waals surface area contributed by atoms with Crippen LogP contribution in [0.25, 0.3) is 0 Å². The van der Waals surface area contributed by atoms with E-state index < -0.39 is 0 Å². The van der Waals surface area contributed by atoms with Gasteiger partial charge in [0.15, 0.2) is 0 Å². The summed E-state index contributed by atoms with van der Waals surface area (Å²) < 4.78 is 0. The van der Waals surface area contributed by atoms with E-state index in [9.17, 15) is 4.79 Å². The maximum absolute atomic E-state index is 12.1. The number of aromatic nitrogens is 1. The van der Waals surface area contributed by atoms with Gasteiger partial charge in [-0.2, -0.15) is 0 Å². The molecule has 2 aromatic rings. The van der Waals surface area contributed by atoms with Crippen LogP contribution in [-0.2, 0) is 17.9 Å². The number of rotatable bonds is 8. The van der Waals surface area contributed by atoms with Crippen molar-refractivity contribution in [3.63, 3.8) is 0 Å². The molecule has 144 valence electrons. The second-order valence-electron chi connectivity index (χ2n) is 7.24. The molecular formula is C22H29N3OS. The van der Waals surface area contributed by atoms with Crippen LogP contribution >= 0.6 is 11.8 Å². The monoisotopic (exact) mass is 383 g/mol. The van der Waals surface area contributed by atoms with Gasteiger partial charge in [0.2, 0.25) is 5.91 Å². The van der Waals surface area contributed by atoms with Crippen LogP contribution in [0.1, 0.15) is 36.8 Å². The van der Waals surface area contributed by atoms with E-state index in [-0.39, 0.29) is 5.91 Å². The van der Waals surface area contributed by atoms with Gasteiger partial charge in [0, 0.05) is 36.8 Å². The van der Waals surface area contributed by atoms with Crippen molar-refractivity contribution >= 4 is 17.7 Å². The molecule has 1 N–H and O–H groups in total. The highest BCUT2D eigenvalue weighted by molar-refractivity contribution is 7.98. The summed E-state index contributed by atoms with van der Waals surface area (Å²) in [6, 6.07) is 12.8. The second-order valence-corrected chi connectivity index (χ2v) is 8.12. The van der Waals surface area contributed by atoms with Gasteiger partial charge in [-0.25, -0.2) is 0 Å². The summed E-state index contributed by atoms with van der Waals surface area (Å²) in [4.78, 5) is 20.0. The average Bonchev–Trinajstić information content (AvgIpc) is 2.73. The summed E-state index contributed by atoms with van der Waals surface area (Å²) in [5.74, 6) is 0.819. The molecule has 0 bridgehead atoms. The molecule has 1 aromatic heterocycles. The lowest BCUT2D eigenvalue weighted by molar-refractivity contribution is -0.121. The number of nitrogens with zero attached hydrogens (tertiary/aromatic N) is 2. The van der Waals surface area contributed by atoms with Gasteiger partial charge in [-0.15, -0.1) is 11.8 Å². The normalized spacial score (nSPS) is 15.6. The van der Waals surface area contributed by atoms with Crippen LogP contribution in [0.3, 0.4) is 0 Å². The molecule has 1 aliphatic rings. The molecule has 0 atom stereocenters. The van der Waals surface area contributed by atoms with Crippen LogP contribution in [0.5, 0.6) is 0 Å². The fraction of sp³-hybridized carbons (Fsp3) is 0.455. The number of carbonyl (C=O) groups excluding carboxylic acids is 1. The van der Waals surface area contributed by atoms with Crippen molar-refractivity contribution in [3.05, 3.63) is 59.9 Å². The lowest BCUT2D eigenvalue weighted by Crippen LogP contribution is -2.33. The number of nitrogens with one attached hydrogen (secondary N) is 1. The molecule has 0 aliphatic carbocycles. The number of thioether (sulfide) groups is 1. The molecule has 0 saturated carbocycles. The van der Waals surface area contributed by atoms with Crippen molar-refractivity contribution in [2.75, 3.05) is 19.3 Å². The zero-order valence-electron chi connectivity index (χ0n) is 16.1. The molecule has 0 radical (unpaired) electrons. The molecule has 0 unspecified atom stereocenters. The molecule has 0 spiro atoms. The largest absolute Gasteiger partial charge is 0.352 e. The van der Waals surface area contributed by atoms with Gasteiger partial charge in [0.05, 0.1) is 0 Å². The van der Waals surface area contributed by atoms with E-state index in [1.165, 1.54) is 23.3 Å². The number of carbonyl (C=O) groups is 1. The summed E-state index contributed by atoms with van der Waals surface area (Å²) in [6.45, 7) is 3.87. The van der Waals surface area contributed by atoms with E-state index in [1.807, 2.05) is 12.1 Å². The Morgan fingerprint density at radius 1 is 1.19 bits per heavy atom. The molecule has 5 heteroatoms. The van der Waals surface area contributed by atoms with E-state index in [0.717, 1.165) is 31.6 Å². The average molecular weight is 384 g/mol. The minimum absolute atomic E-state index is 0.148. The maximum atomic E-state index is 12.1. The van der Waals surface area contributed by atoms with E-state index in [0.29, 0.717) is 18.9 Å². The van der Waals surface area contributed by atoms with Crippen LogP contribution in [0.15, 0.2) is 53.7 Å². The summed E-state index contributed by atoms with van der Waals surface area (Å²) in [5, 5.41) is 3.00. The Hall–Kier alpha value is -1.85. The predicted octanol–water partition coefficient (Wildman–Crippen LogP) is 4.11. The molecule has 3 rings (SSSR count). The fourth-order valence-corrected chi connectivity index (χ4v) is 3.96. The number of pyridine rings is 1. The molecule has 1 aliphatic heterocycles. The zero-order valence-corrected chi connectivity index (χ0v) is 16.9. The van der Waals surface area contributed by atoms with Crippen molar-refractivity contribution in [1.82, 2.24) is 15.2 Å². The SMILES string of the molecule is CSc1ccc(CN2CCC(CCC(=O)NCc3cccnc3)CC2)cc1. The van der Waals surface area contributed by atoms with E-state index in [1.54, 1.807) is 24.2 Å². The van der Waals surface area contributed by atoms with Crippen LogP contribution in [0, 0.1) is 5.92 Å². The molecule has 1 amide bonds. The Kier molecular flexibility index (Phi) is 7.72. The number of benzene rings is 1. The fourth-order valence-electron chi connectivity index (χ4n) is 3.55. The molecular weight excluding hydrogens is 354 g/mol. The molecule has 27 heavy (non-hydrogen) atoms. The van der Waals surface area contributed by atoms with Gasteiger partial charge in [-0.3, -0.25) is 14.7 Å². The summed E-state index contributed by atoms with van der Waals surface area (Å²) in [5.41, 5.74) is 2.44. The number of hydrogen-bond acceptors (Lipinski definition) is 4. The Morgan fingerprint density at radius 2 is 1.96 bits per heavy atom. The van der Waals surface area contributed by atoms with Gasteiger partial charge in [-0.1, -0.05) is 18.2 Å². The first kappa shape index (κ1) is 19.9. The van der Waals surface area contributed by atoms with Crippen molar-refractivity contribution in [2.45, 2.75) is 43.7 Å². The Labute approximate surface area is 166 Å². The predicted molar refractivity (Wildman–Crippen MR) is 112 cm³/mol. The molecule has 1 aromatic carbocycles. The van der Waals surface area contributed by atoms with Crippen LogP contribution in [0.2, 0.25) is 0 Å². The quantitative estimate of drug-likeness (QED) is 0.697. The number of piperidine rings is 1. The van der Waals surface area contributed by atoms with E-state index in [4.69, 9.17) is 0 Å². The number of likely N-dealkylation sites (tertiary alicyclic amines) is 1. The van der Waals surface area contributed by atoms with Gasteiger partial charge in [-0.05, 0) is 73.9 Å².